The van der Waals surface area contributed by atoms with Gasteiger partial charge in [-0.2, -0.15) is 0 Å². The van der Waals surface area contributed by atoms with Crippen molar-refractivity contribution in [3.63, 3.8) is 0 Å². The topological polar surface area (TPSA) is 95.9 Å². The molecule has 354 valence electrons. The Bertz CT molecular complexity index is 935. The molecule has 0 aromatic carbocycles. The number of carbonyl (C=O) groups is 2. The number of aliphatic hydroxyl groups excluding tert-OH is 2. The second kappa shape index (κ2) is 50.0. The fourth-order valence-corrected chi connectivity index (χ4v) is 8.18. The number of aliphatic hydroxyl groups is 2. The molecular formula is C54H103NO5. The smallest absolute Gasteiger partial charge is 0.305 e. The van der Waals surface area contributed by atoms with Crippen LogP contribution in [-0.4, -0.2) is 47.4 Å². The van der Waals surface area contributed by atoms with Crippen LogP contribution in [0.5, 0.6) is 0 Å². The Morgan fingerprint density at radius 2 is 0.833 bits per heavy atom. The van der Waals surface area contributed by atoms with Crippen LogP contribution in [0.25, 0.3) is 0 Å². The van der Waals surface area contributed by atoms with E-state index in [1.807, 2.05) is 0 Å². The monoisotopic (exact) mass is 846 g/mol. The van der Waals surface area contributed by atoms with Gasteiger partial charge in [0.2, 0.25) is 5.91 Å². The first-order valence-electron chi connectivity index (χ1n) is 26.6. The molecule has 0 spiro atoms. The highest BCUT2D eigenvalue weighted by Crippen LogP contribution is 2.16. The highest BCUT2D eigenvalue weighted by atomic mass is 16.5. The largest absolute Gasteiger partial charge is 0.465 e. The van der Waals surface area contributed by atoms with E-state index in [0.29, 0.717) is 25.9 Å². The van der Waals surface area contributed by atoms with E-state index in [1.165, 1.54) is 199 Å². The molecule has 0 bridgehead atoms. The van der Waals surface area contributed by atoms with Gasteiger partial charge in [0, 0.05) is 12.8 Å². The minimum absolute atomic E-state index is 0.0340. The molecule has 6 heteroatoms. The minimum atomic E-state index is -0.665. The Morgan fingerprint density at radius 1 is 0.467 bits per heavy atom. The zero-order valence-electron chi connectivity index (χ0n) is 40.2. The first-order valence-corrected chi connectivity index (χ1v) is 26.6. The summed E-state index contributed by atoms with van der Waals surface area (Å²) in [4.78, 5) is 24.4. The maximum absolute atomic E-state index is 12.4. The average Bonchev–Trinajstić information content (AvgIpc) is 3.25. The summed E-state index contributed by atoms with van der Waals surface area (Å²) >= 11 is 0. The number of allylic oxidation sites excluding steroid dienone is 3. The SMILES string of the molecule is CCCCCCCCCCCCCCCC(=O)OCC/C=C\C/C=C\CCCCCCCCCCCCCCCCC(=O)NC(CO)C(O)CCCCCCCCCCC. The third kappa shape index (κ3) is 45.9. The van der Waals surface area contributed by atoms with Crippen LogP contribution in [0.2, 0.25) is 0 Å². The molecule has 0 saturated carbocycles. The number of carbonyl (C=O) groups excluding carboxylic acids is 2. The van der Waals surface area contributed by atoms with Crippen LogP contribution in [-0.2, 0) is 14.3 Å². The van der Waals surface area contributed by atoms with Gasteiger partial charge in [0.25, 0.3) is 0 Å². The van der Waals surface area contributed by atoms with Crippen molar-refractivity contribution < 1.29 is 24.5 Å². The second-order valence-electron chi connectivity index (χ2n) is 18.2. The third-order valence-electron chi connectivity index (χ3n) is 12.3. The van der Waals surface area contributed by atoms with Gasteiger partial charge in [-0.3, -0.25) is 9.59 Å². The van der Waals surface area contributed by atoms with Crippen molar-refractivity contribution in [1.82, 2.24) is 5.32 Å². The first-order chi connectivity index (χ1) is 29.5. The van der Waals surface area contributed by atoms with Crippen molar-refractivity contribution in [1.29, 1.82) is 0 Å². The first kappa shape index (κ1) is 58.3. The predicted molar refractivity (Wildman–Crippen MR) is 260 cm³/mol. The fourth-order valence-electron chi connectivity index (χ4n) is 8.18. The summed E-state index contributed by atoms with van der Waals surface area (Å²) in [7, 11) is 0. The van der Waals surface area contributed by atoms with E-state index in [0.717, 1.165) is 51.4 Å². The number of amides is 1. The molecule has 1 amide bonds. The molecule has 0 fully saturated rings. The number of hydrogen-bond acceptors (Lipinski definition) is 5. The van der Waals surface area contributed by atoms with Gasteiger partial charge in [0.1, 0.15) is 0 Å². The summed E-state index contributed by atoms with van der Waals surface area (Å²) in [5.41, 5.74) is 0. The Morgan fingerprint density at radius 3 is 1.27 bits per heavy atom. The summed E-state index contributed by atoms with van der Waals surface area (Å²) in [6.07, 6.45) is 59.0. The van der Waals surface area contributed by atoms with Crippen LogP contribution >= 0.6 is 0 Å². The van der Waals surface area contributed by atoms with Crippen LogP contribution < -0.4 is 5.32 Å². The van der Waals surface area contributed by atoms with E-state index in [9.17, 15) is 19.8 Å². The van der Waals surface area contributed by atoms with Crippen LogP contribution in [0.3, 0.4) is 0 Å². The summed E-state index contributed by atoms with van der Waals surface area (Å²) in [6.45, 7) is 4.82. The van der Waals surface area contributed by atoms with Crippen molar-refractivity contribution in [2.45, 2.75) is 296 Å². The molecule has 60 heavy (non-hydrogen) atoms. The summed E-state index contributed by atoms with van der Waals surface area (Å²) < 4.78 is 5.40. The lowest BCUT2D eigenvalue weighted by molar-refractivity contribution is -0.143. The molecule has 0 aromatic heterocycles. The van der Waals surface area contributed by atoms with Gasteiger partial charge in [-0.25, -0.2) is 0 Å². The van der Waals surface area contributed by atoms with Crippen LogP contribution in [0.4, 0.5) is 0 Å². The molecular weight excluding hydrogens is 743 g/mol. The van der Waals surface area contributed by atoms with E-state index in [-0.39, 0.29) is 18.5 Å². The molecule has 0 aliphatic carbocycles. The third-order valence-corrected chi connectivity index (χ3v) is 12.3. The Labute approximate surface area is 373 Å². The van der Waals surface area contributed by atoms with Gasteiger partial charge in [0.05, 0.1) is 25.4 Å². The molecule has 0 aromatic rings. The minimum Gasteiger partial charge on any atom is -0.465 e. The van der Waals surface area contributed by atoms with E-state index < -0.39 is 12.1 Å². The van der Waals surface area contributed by atoms with Gasteiger partial charge in [0.15, 0.2) is 0 Å². The number of rotatable bonds is 49. The lowest BCUT2D eigenvalue weighted by atomic mass is 10.0. The van der Waals surface area contributed by atoms with Crippen molar-refractivity contribution in [2.24, 2.45) is 0 Å². The fraction of sp³-hybridized carbons (Fsp3) is 0.889. The second-order valence-corrected chi connectivity index (χ2v) is 18.2. The molecule has 3 N–H and O–H groups in total. The molecule has 6 nitrogen and oxygen atoms in total. The maximum atomic E-state index is 12.4. The van der Waals surface area contributed by atoms with E-state index >= 15 is 0 Å². The van der Waals surface area contributed by atoms with Crippen molar-refractivity contribution >= 4 is 11.9 Å². The lowest BCUT2D eigenvalue weighted by Crippen LogP contribution is -2.45. The predicted octanol–water partition coefficient (Wildman–Crippen LogP) is 15.9. The van der Waals surface area contributed by atoms with Crippen LogP contribution in [0, 0.1) is 0 Å². The zero-order valence-corrected chi connectivity index (χ0v) is 40.2. The number of hydrogen-bond donors (Lipinski definition) is 3. The van der Waals surface area contributed by atoms with Gasteiger partial charge >= 0.3 is 5.97 Å². The molecule has 2 unspecified atom stereocenters. The average molecular weight is 846 g/mol. The molecule has 0 saturated heterocycles. The summed E-state index contributed by atoms with van der Waals surface area (Å²) in [5.74, 6) is -0.0761. The normalized spacial score (nSPS) is 12.8. The Kier molecular flexibility index (Phi) is 48.6. The Balaban J connectivity index is 3.43. The van der Waals surface area contributed by atoms with Gasteiger partial charge < -0.3 is 20.3 Å². The van der Waals surface area contributed by atoms with Crippen molar-refractivity contribution in [3.8, 4) is 0 Å². The molecule has 0 rings (SSSR count). The van der Waals surface area contributed by atoms with E-state index in [4.69, 9.17) is 4.74 Å². The quantitative estimate of drug-likeness (QED) is 0.0322. The standard InChI is InChI=1S/C54H103NO5/c1-3-5-7-9-11-13-14-24-28-32-36-40-44-48-54(59)60-49-45-41-37-33-29-26-23-21-19-17-15-16-18-20-22-25-27-31-35-39-43-47-53(58)55-51(50-56)52(57)46-42-38-34-30-12-10-8-6-4-2/h26,29,37,41,51-52,56-57H,3-25,27-28,30-36,38-40,42-50H2,1-2H3,(H,55,58)/b29-26-,41-37-. The van der Waals surface area contributed by atoms with E-state index in [1.54, 1.807) is 0 Å². The molecule has 0 aliphatic rings. The van der Waals surface area contributed by atoms with Crippen LogP contribution in [0.1, 0.15) is 284 Å². The maximum Gasteiger partial charge on any atom is 0.305 e. The summed E-state index contributed by atoms with van der Waals surface area (Å²) in [6, 6.07) is -0.542. The molecule has 0 aliphatic heterocycles. The van der Waals surface area contributed by atoms with Gasteiger partial charge in [-0.15, -0.1) is 0 Å². The van der Waals surface area contributed by atoms with Crippen molar-refractivity contribution in [2.75, 3.05) is 13.2 Å². The number of ether oxygens (including phenoxy) is 1. The van der Waals surface area contributed by atoms with E-state index in [2.05, 4.69) is 43.5 Å². The van der Waals surface area contributed by atoms with Crippen molar-refractivity contribution in [3.05, 3.63) is 24.3 Å². The molecule has 0 heterocycles. The molecule has 0 radical (unpaired) electrons. The number of esters is 1. The Hall–Kier alpha value is -1.66. The van der Waals surface area contributed by atoms with Crippen LogP contribution in [0.15, 0.2) is 24.3 Å². The highest BCUT2D eigenvalue weighted by Gasteiger charge is 2.20. The number of nitrogens with one attached hydrogen (secondary N) is 1. The highest BCUT2D eigenvalue weighted by molar-refractivity contribution is 5.76. The molecule has 2 atom stereocenters. The number of unbranched alkanes of at least 4 members (excludes halogenated alkanes) is 34. The lowest BCUT2D eigenvalue weighted by Gasteiger charge is -2.22. The zero-order chi connectivity index (χ0) is 43.7. The van der Waals surface area contributed by atoms with Gasteiger partial charge in [-0.05, 0) is 44.9 Å². The van der Waals surface area contributed by atoms with Gasteiger partial charge in [-0.1, -0.05) is 250 Å². The summed E-state index contributed by atoms with van der Waals surface area (Å²) in [5, 5.41) is 23.1.